The van der Waals surface area contributed by atoms with Gasteiger partial charge in [0.25, 0.3) is 0 Å². The summed E-state index contributed by atoms with van der Waals surface area (Å²) in [6.45, 7) is 4.16. The highest BCUT2D eigenvalue weighted by atomic mass is 32.2. The third-order valence-electron chi connectivity index (χ3n) is 4.54. The van der Waals surface area contributed by atoms with Gasteiger partial charge in [0.15, 0.2) is 0 Å². The minimum Gasteiger partial charge on any atom is -0.493 e. The van der Waals surface area contributed by atoms with Gasteiger partial charge in [-0.3, -0.25) is 0 Å². The third-order valence-corrected chi connectivity index (χ3v) is 5.27. The molecule has 1 fully saturated rings. The second-order valence-electron chi connectivity index (χ2n) is 6.73. The van der Waals surface area contributed by atoms with E-state index in [1.165, 1.54) is 5.69 Å². The zero-order valence-corrected chi connectivity index (χ0v) is 17.3. The molecule has 0 unspecified atom stereocenters. The number of anilines is 1. The van der Waals surface area contributed by atoms with Gasteiger partial charge in [-0.15, -0.1) is 0 Å². The fourth-order valence-electron chi connectivity index (χ4n) is 2.91. The first-order valence-corrected chi connectivity index (χ1v) is 10.6. The van der Waals surface area contributed by atoms with E-state index in [-0.39, 0.29) is 0 Å². The molecule has 4 nitrogen and oxygen atoms in total. The highest BCUT2D eigenvalue weighted by molar-refractivity contribution is 8.07. The largest absolute Gasteiger partial charge is 0.493 e. The van der Waals surface area contributed by atoms with Gasteiger partial charge in [0, 0.05) is 29.3 Å². The number of carbonyl (C=O) groups is 1. The number of rotatable bonds is 7. The lowest BCUT2D eigenvalue weighted by Crippen LogP contribution is -2.06. The fraction of sp³-hybridized carbons (Fsp3) is 0.160. The van der Waals surface area contributed by atoms with Crippen molar-refractivity contribution in [3.05, 3.63) is 84.4 Å². The van der Waals surface area contributed by atoms with Gasteiger partial charge in [-0.25, -0.2) is 4.79 Å². The molecule has 1 heterocycles. The number of benzene rings is 3. The Kier molecular flexibility index (Phi) is 6.26. The van der Waals surface area contributed by atoms with Gasteiger partial charge < -0.3 is 13.8 Å². The molecule has 0 spiro atoms. The molecule has 0 saturated carbocycles. The highest BCUT2D eigenvalue weighted by Gasteiger charge is 2.18. The summed E-state index contributed by atoms with van der Waals surface area (Å²) in [5.74, 6) is 7.93. The van der Waals surface area contributed by atoms with Crippen LogP contribution >= 0.6 is 11.9 Å². The lowest BCUT2D eigenvalue weighted by Gasteiger charge is -2.08. The summed E-state index contributed by atoms with van der Waals surface area (Å²) in [4.78, 5) is 11.0. The van der Waals surface area contributed by atoms with Crippen molar-refractivity contribution in [3.63, 3.8) is 0 Å². The molecule has 0 radical (unpaired) electrons. The highest BCUT2D eigenvalue weighted by Crippen LogP contribution is 2.35. The maximum Gasteiger partial charge on any atom is 0.330 e. The zero-order valence-electron chi connectivity index (χ0n) is 16.5. The first-order chi connectivity index (χ1) is 14.7. The van der Waals surface area contributed by atoms with Crippen molar-refractivity contribution in [1.29, 1.82) is 0 Å². The first-order valence-electron chi connectivity index (χ1n) is 9.70. The molecule has 0 N–H and O–H groups in total. The molecule has 0 amide bonds. The quantitative estimate of drug-likeness (QED) is 0.133. The summed E-state index contributed by atoms with van der Waals surface area (Å²) >= 11 is 1.81. The Balaban J connectivity index is 1.36. The lowest BCUT2D eigenvalue weighted by atomic mass is 10.1. The van der Waals surface area contributed by atoms with Crippen molar-refractivity contribution in [2.45, 2.75) is 6.42 Å². The SMILES string of the molecule is C=CC(=O)OCCCOc1ccc2cc(C#Cc3ccc(N4CS4)cc3)ccc2c1. The predicted molar refractivity (Wildman–Crippen MR) is 123 cm³/mol. The molecule has 0 aromatic heterocycles. The van der Waals surface area contributed by atoms with Crippen LogP contribution in [0.25, 0.3) is 10.8 Å². The van der Waals surface area contributed by atoms with Crippen LogP contribution in [0.4, 0.5) is 5.69 Å². The molecule has 30 heavy (non-hydrogen) atoms. The maximum atomic E-state index is 11.0. The Morgan fingerprint density at radius 1 is 1.00 bits per heavy atom. The Hall–Kier alpha value is -3.36. The third kappa shape index (κ3) is 5.37. The predicted octanol–water partition coefficient (Wildman–Crippen LogP) is 5.16. The van der Waals surface area contributed by atoms with E-state index in [2.05, 4.69) is 59.1 Å². The van der Waals surface area contributed by atoms with Crippen molar-refractivity contribution in [2.24, 2.45) is 0 Å². The van der Waals surface area contributed by atoms with Crippen molar-refractivity contribution in [1.82, 2.24) is 0 Å². The standard InChI is InChI=1S/C25H21NO3S/c1-2-25(27)29-15-3-14-28-24-13-10-21-16-20(6-9-22(21)17-24)5-4-19-7-11-23(12-8-19)26-18-30-26/h2,6-13,16-17H,1,3,14-15,18H2. The van der Waals surface area contributed by atoms with Crippen molar-refractivity contribution < 1.29 is 14.3 Å². The lowest BCUT2D eigenvalue weighted by molar-refractivity contribution is -0.137. The van der Waals surface area contributed by atoms with Crippen LogP contribution in [0, 0.1) is 11.8 Å². The number of nitrogens with zero attached hydrogens (tertiary/aromatic N) is 1. The monoisotopic (exact) mass is 415 g/mol. The Morgan fingerprint density at radius 2 is 1.70 bits per heavy atom. The Morgan fingerprint density at radius 3 is 2.47 bits per heavy atom. The van der Waals surface area contributed by atoms with Gasteiger partial charge in [-0.2, -0.15) is 0 Å². The molecule has 3 aromatic carbocycles. The molecule has 0 atom stereocenters. The summed E-state index contributed by atoms with van der Waals surface area (Å²) in [6, 6.07) is 20.5. The van der Waals surface area contributed by atoms with Crippen molar-refractivity contribution in [2.75, 3.05) is 23.4 Å². The molecule has 4 rings (SSSR count). The van der Waals surface area contributed by atoms with E-state index in [0.29, 0.717) is 19.6 Å². The average Bonchev–Trinajstić information content (AvgIpc) is 3.63. The summed E-state index contributed by atoms with van der Waals surface area (Å²) in [5, 5.41) is 2.21. The molecule has 0 aliphatic carbocycles. The van der Waals surface area contributed by atoms with Crippen LogP contribution in [-0.2, 0) is 9.53 Å². The summed E-state index contributed by atoms with van der Waals surface area (Å²) in [6.07, 6.45) is 1.79. The number of hydrogen-bond acceptors (Lipinski definition) is 5. The van der Waals surface area contributed by atoms with Crippen LogP contribution in [-0.4, -0.2) is 25.1 Å². The van der Waals surface area contributed by atoms with Gasteiger partial charge in [-0.05, 0) is 71.3 Å². The zero-order chi connectivity index (χ0) is 20.8. The second kappa shape index (κ2) is 9.43. The maximum absolute atomic E-state index is 11.0. The fourth-order valence-corrected chi connectivity index (χ4v) is 3.38. The normalized spacial score (nSPS) is 12.1. The van der Waals surface area contributed by atoms with Crippen molar-refractivity contribution in [3.8, 4) is 17.6 Å². The van der Waals surface area contributed by atoms with Crippen LogP contribution in [0.15, 0.2) is 73.3 Å². The van der Waals surface area contributed by atoms with Crippen LogP contribution in [0.1, 0.15) is 17.5 Å². The molecule has 1 aliphatic heterocycles. The van der Waals surface area contributed by atoms with E-state index in [1.54, 1.807) is 0 Å². The molecule has 150 valence electrons. The number of carbonyl (C=O) groups excluding carboxylic acids is 1. The van der Waals surface area contributed by atoms with Crippen LogP contribution < -0.4 is 9.04 Å². The summed E-state index contributed by atoms with van der Waals surface area (Å²) < 4.78 is 12.9. The van der Waals surface area contributed by atoms with Gasteiger partial charge >= 0.3 is 5.97 Å². The summed E-state index contributed by atoms with van der Waals surface area (Å²) in [5.41, 5.74) is 3.21. The van der Waals surface area contributed by atoms with E-state index in [4.69, 9.17) is 9.47 Å². The van der Waals surface area contributed by atoms with E-state index < -0.39 is 5.97 Å². The summed E-state index contributed by atoms with van der Waals surface area (Å²) in [7, 11) is 0. The van der Waals surface area contributed by atoms with E-state index in [0.717, 1.165) is 39.6 Å². The van der Waals surface area contributed by atoms with Crippen LogP contribution in [0.3, 0.4) is 0 Å². The topological polar surface area (TPSA) is 38.5 Å². The van der Waals surface area contributed by atoms with Crippen molar-refractivity contribution >= 4 is 34.4 Å². The molecule has 3 aromatic rings. The number of ether oxygens (including phenoxy) is 2. The molecular formula is C25H21NO3S. The van der Waals surface area contributed by atoms with Gasteiger partial charge in [0.1, 0.15) is 5.75 Å². The minimum absolute atomic E-state index is 0.320. The second-order valence-corrected chi connectivity index (χ2v) is 7.69. The minimum atomic E-state index is -0.410. The smallest absolute Gasteiger partial charge is 0.330 e. The van der Waals surface area contributed by atoms with Gasteiger partial charge in [0.2, 0.25) is 0 Å². The molecule has 0 bridgehead atoms. The van der Waals surface area contributed by atoms with E-state index >= 15 is 0 Å². The molecule has 5 heteroatoms. The Bertz CT molecular complexity index is 1120. The number of fused-ring (bicyclic) bond motifs is 1. The molecular weight excluding hydrogens is 394 g/mol. The van der Waals surface area contributed by atoms with Gasteiger partial charge in [-0.1, -0.05) is 30.6 Å². The number of esters is 1. The Labute approximate surface area is 180 Å². The molecule has 1 saturated heterocycles. The molecule has 1 aliphatic rings. The van der Waals surface area contributed by atoms with E-state index in [9.17, 15) is 4.79 Å². The van der Waals surface area contributed by atoms with E-state index in [1.807, 2.05) is 36.2 Å². The number of hydrogen-bond donors (Lipinski definition) is 0. The van der Waals surface area contributed by atoms with Gasteiger partial charge in [0.05, 0.1) is 19.1 Å². The average molecular weight is 416 g/mol. The van der Waals surface area contributed by atoms with Crippen LogP contribution in [0.5, 0.6) is 5.75 Å². The first kappa shape index (κ1) is 19.9. The van der Waals surface area contributed by atoms with Crippen LogP contribution in [0.2, 0.25) is 0 Å².